The molecule has 0 aromatic rings. The van der Waals surface area contributed by atoms with Gasteiger partial charge in [0.05, 0.1) is 0 Å². The molecule has 1 heterocycles. The number of hydrogen-bond acceptors (Lipinski definition) is 0. The smallest absolute Gasteiger partial charge is 0.0451 e. The van der Waals surface area contributed by atoms with E-state index in [9.17, 15) is 0 Å². The number of nitrogens with zero attached hydrogens (tertiary/aromatic N) is 1. The molecule has 0 saturated heterocycles. The lowest BCUT2D eigenvalue weighted by Crippen LogP contribution is -1.95. The molecule has 1 rings (SSSR count). The van der Waals surface area contributed by atoms with Crippen LogP contribution in [0.15, 0.2) is 10.6 Å². The fourth-order valence-corrected chi connectivity index (χ4v) is 0.722. The minimum Gasteiger partial charge on any atom is -0.232 e. The fourth-order valence-electron chi connectivity index (χ4n) is 0.400. The molecule has 33 valence electrons. The molecule has 0 atom stereocenters. The lowest BCUT2D eigenvalue weighted by atomic mass is 10.6. The first-order valence-electron chi connectivity index (χ1n) is 1.87. The zero-order chi connectivity index (χ0) is 4.41. The molecule has 0 amide bonds. The van der Waals surface area contributed by atoms with Gasteiger partial charge in [0, 0.05) is 17.6 Å². The zero-order valence-corrected chi connectivity index (χ0v) is 4.90. The van der Waals surface area contributed by atoms with Gasteiger partial charge in [-0.05, 0) is 0 Å². The van der Waals surface area contributed by atoms with E-state index in [1.54, 1.807) is 0 Å². The van der Waals surface area contributed by atoms with E-state index in [1.165, 1.54) is 4.48 Å². The van der Waals surface area contributed by atoms with Crippen LogP contribution in [-0.4, -0.2) is 13.1 Å². The normalized spacial score (nSPS) is 21.2. The predicted molar refractivity (Wildman–Crippen MR) is 28.9 cm³/mol. The maximum atomic E-state index is 4.02. The molecule has 6 heavy (non-hydrogen) atoms. The average Bonchev–Trinajstić information content (AvgIpc) is 1.86. The van der Waals surface area contributed by atoms with E-state index in [2.05, 4.69) is 27.3 Å². The van der Waals surface area contributed by atoms with Gasteiger partial charge in [-0.3, -0.25) is 0 Å². The van der Waals surface area contributed by atoms with E-state index in [-0.39, 0.29) is 0 Å². The van der Waals surface area contributed by atoms with Crippen LogP contribution in [-0.2, 0) is 0 Å². The second kappa shape index (κ2) is 1.76. The Bertz CT molecular complexity index is 77.6. The van der Waals surface area contributed by atoms with Crippen molar-refractivity contribution in [1.29, 1.82) is 0 Å². The van der Waals surface area contributed by atoms with E-state index >= 15 is 0 Å². The van der Waals surface area contributed by atoms with Crippen LogP contribution >= 0.6 is 15.9 Å². The van der Waals surface area contributed by atoms with Crippen LogP contribution < -0.4 is 5.32 Å². The van der Waals surface area contributed by atoms with Crippen molar-refractivity contribution in [3.8, 4) is 0 Å². The van der Waals surface area contributed by atoms with Gasteiger partial charge in [-0.2, -0.15) is 0 Å². The SMILES string of the molecule is BrC1=CC[N]C1. The van der Waals surface area contributed by atoms with Gasteiger partial charge in [0.25, 0.3) is 0 Å². The van der Waals surface area contributed by atoms with Gasteiger partial charge < -0.3 is 0 Å². The minimum absolute atomic E-state index is 0.889. The number of rotatable bonds is 0. The highest BCUT2D eigenvalue weighted by molar-refractivity contribution is 9.11. The van der Waals surface area contributed by atoms with Crippen LogP contribution in [0.5, 0.6) is 0 Å². The summed E-state index contributed by atoms with van der Waals surface area (Å²) in [7, 11) is 0. The highest BCUT2D eigenvalue weighted by Gasteiger charge is 1.96. The van der Waals surface area contributed by atoms with Crippen LogP contribution in [0.25, 0.3) is 0 Å². The van der Waals surface area contributed by atoms with Crippen molar-refractivity contribution >= 4 is 15.9 Å². The summed E-state index contributed by atoms with van der Waals surface area (Å²) >= 11 is 3.31. The molecule has 0 N–H and O–H groups in total. The Morgan fingerprint density at radius 1 is 1.83 bits per heavy atom. The summed E-state index contributed by atoms with van der Waals surface area (Å²) in [6.07, 6.45) is 2.07. The van der Waals surface area contributed by atoms with Crippen molar-refractivity contribution in [2.75, 3.05) is 13.1 Å². The topological polar surface area (TPSA) is 14.1 Å². The van der Waals surface area contributed by atoms with Crippen LogP contribution in [0.4, 0.5) is 0 Å². The molecule has 0 aliphatic carbocycles. The Hall–Kier alpha value is 0.180. The number of hydrogen-bond donors (Lipinski definition) is 0. The molecule has 0 unspecified atom stereocenters. The summed E-state index contributed by atoms with van der Waals surface area (Å²) in [6, 6.07) is 0. The van der Waals surface area contributed by atoms with E-state index in [1.807, 2.05) is 0 Å². The molecule has 0 saturated carbocycles. The summed E-state index contributed by atoms with van der Waals surface area (Å²) in [6.45, 7) is 1.79. The second-order valence-corrected chi connectivity index (χ2v) is 2.23. The Kier molecular flexibility index (Phi) is 1.27. The van der Waals surface area contributed by atoms with Crippen molar-refractivity contribution in [2.24, 2.45) is 0 Å². The molecule has 0 aromatic carbocycles. The van der Waals surface area contributed by atoms with Gasteiger partial charge in [0.2, 0.25) is 0 Å². The monoisotopic (exact) mass is 146 g/mol. The first-order chi connectivity index (χ1) is 2.89. The summed E-state index contributed by atoms with van der Waals surface area (Å²) in [4.78, 5) is 0. The summed E-state index contributed by atoms with van der Waals surface area (Å²) < 4.78 is 1.22. The molecule has 0 aromatic heterocycles. The molecule has 0 bridgehead atoms. The maximum Gasteiger partial charge on any atom is 0.0451 e. The Morgan fingerprint density at radius 3 is 2.83 bits per heavy atom. The fraction of sp³-hybridized carbons (Fsp3) is 0.500. The van der Waals surface area contributed by atoms with E-state index in [0.29, 0.717) is 0 Å². The highest BCUT2D eigenvalue weighted by atomic mass is 79.9. The molecular formula is C4H5BrN. The molecular weight excluding hydrogens is 142 g/mol. The third-order valence-electron chi connectivity index (χ3n) is 0.705. The van der Waals surface area contributed by atoms with E-state index in [0.717, 1.165) is 13.1 Å². The lowest BCUT2D eigenvalue weighted by Gasteiger charge is -1.78. The Balaban J connectivity index is 2.45. The molecule has 0 fully saturated rings. The molecule has 1 aliphatic rings. The predicted octanol–water partition coefficient (Wildman–Crippen LogP) is 0.883. The van der Waals surface area contributed by atoms with Crippen molar-refractivity contribution in [3.05, 3.63) is 10.6 Å². The maximum absolute atomic E-state index is 4.02. The van der Waals surface area contributed by atoms with Gasteiger partial charge in [0.15, 0.2) is 0 Å². The second-order valence-electron chi connectivity index (χ2n) is 1.22. The first-order valence-corrected chi connectivity index (χ1v) is 2.66. The average molecular weight is 147 g/mol. The van der Waals surface area contributed by atoms with Crippen molar-refractivity contribution in [1.82, 2.24) is 5.32 Å². The van der Waals surface area contributed by atoms with E-state index < -0.39 is 0 Å². The highest BCUT2D eigenvalue weighted by Crippen LogP contribution is 2.06. The van der Waals surface area contributed by atoms with Crippen LogP contribution in [0.2, 0.25) is 0 Å². The Labute approximate surface area is 45.6 Å². The van der Waals surface area contributed by atoms with Crippen molar-refractivity contribution < 1.29 is 0 Å². The summed E-state index contributed by atoms with van der Waals surface area (Å²) in [5.41, 5.74) is 0. The third-order valence-corrected chi connectivity index (χ3v) is 1.28. The Morgan fingerprint density at radius 2 is 2.67 bits per heavy atom. The van der Waals surface area contributed by atoms with Gasteiger partial charge in [-0.25, -0.2) is 5.32 Å². The van der Waals surface area contributed by atoms with Gasteiger partial charge in [0.1, 0.15) is 0 Å². The molecule has 0 spiro atoms. The standard InChI is InChI=1S/C4H5BrN/c5-4-1-2-6-3-4/h1H,2-3H2. The van der Waals surface area contributed by atoms with Crippen LogP contribution in [0, 0.1) is 0 Å². The molecule has 2 heteroatoms. The number of halogens is 1. The summed E-state index contributed by atoms with van der Waals surface area (Å²) in [5.74, 6) is 0. The van der Waals surface area contributed by atoms with Crippen LogP contribution in [0.3, 0.4) is 0 Å². The van der Waals surface area contributed by atoms with E-state index in [4.69, 9.17) is 0 Å². The van der Waals surface area contributed by atoms with Crippen molar-refractivity contribution in [2.45, 2.75) is 0 Å². The summed E-state index contributed by atoms with van der Waals surface area (Å²) in [5, 5.41) is 4.02. The zero-order valence-electron chi connectivity index (χ0n) is 3.32. The van der Waals surface area contributed by atoms with Gasteiger partial charge >= 0.3 is 0 Å². The quantitative estimate of drug-likeness (QED) is 0.482. The molecule has 1 aliphatic heterocycles. The largest absolute Gasteiger partial charge is 0.232 e. The third kappa shape index (κ3) is 0.820. The molecule has 1 radical (unpaired) electrons. The van der Waals surface area contributed by atoms with Gasteiger partial charge in [-0.15, -0.1) is 0 Å². The molecule has 1 nitrogen and oxygen atoms in total. The lowest BCUT2D eigenvalue weighted by molar-refractivity contribution is 0.869. The van der Waals surface area contributed by atoms with Crippen LogP contribution in [0.1, 0.15) is 0 Å². The van der Waals surface area contributed by atoms with Gasteiger partial charge in [-0.1, -0.05) is 22.0 Å². The minimum atomic E-state index is 0.889. The van der Waals surface area contributed by atoms with Crippen molar-refractivity contribution in [3.63, 3.8) is 0 Å². The first kappa shape index (κ1) is 4.34.